The molecule has 29 heavy (non-hydrogen) atoms. The molecule has 2 aliphatic rings. The number of hydrogen-bond donors (Lipinski definition) is 1. The molecular formula is C24H33N3O2. The second kappa shape index (κ2) is 8.21. The Bertz CT molecular complexity index is 895. The van der Waals surface area contributed by atoms with E-state index >= 15 is 0 Å². The summed E-state index contributed by atoms with van der Waals surface area (Å²) in [4.78, 5) is 28.9. The van der Waals surface area contributed by atoms with E-state index in [0.29, 0.717) is 18.8 Å². The molecule has 0 radical (unpaired) electrons. The van der Waals surface area contributed by atoms with Crippen molar-refractivity contribution in [3.63, 3.8) is 0 Å². The van der Waals surface area contributed by atoms with Gasteiger partial charge in [0.2, 0.25) is 5.91 Å². The van der Waals surface area contributed by atoms with Crippen LogP contribution in [0.1, 0.15) is 75.7 Å². The maximum atomic E-state index is 13.6. The zero-order chi connectivity index (χ0) is 20.4. The van der Waals surface area contributed by atoms with Crippen LogP contribution in [0.15, 0.2) is 30.3 Å². The van der Waals surface area contributed by atoms with Crippen molar-refractivity contribution in [3.05, 3.63) is 36.0 Å². The molecule has 0 spiro atoms. The molecule has 1 N–H and O–H groups in total. The summed E-state index contributed by atoms with van der Waals surface area (Å²) >= 11 is 0. The van der Waals surface area contributed by atoms with Crippen LogP contribution in [0.5, 0.6) is 0 Å². The molecule has 5 nitrogen and oxygen atoms in total. The van der Waals surface area contributed by atoms with Crippen LogP contribution in [0.2, 0.25) is 0 Å². The monoisotopic (exact) mass is 395 g/mol. The molecule has 0 unspecified atom stereocenters. The summed E-state index contributed by atoms with van der Waals surface area (Å²) in [5, 5.41) is 4.38. The van der Waals surface area contributed by atoms with Crippen LogP contribution in [-0.4, -0.2) is 39.4 Å². The fourth-order valence-electron chi connectivity index (χ4n) is 4.94. The van der Waals surface area contributed by atoms with Crippen molar-refractivity contribution in [1.82, 2.24) is 14.8 Å². The molecule has 1 saturated carbocycles. The summed E-state index contributed by atoms with van der Waals surface area (Å²) in [5.74, 6) is -0.0308. The maximum Gasteiger partial charge on any atom is 0.271 e. The molecule has 2 amide bonds. The zero-order valence-corrected chi connectivity index (χ0v) is 17.7. The molecule has 4 rings (SSSR count). The van der Waals surface area contributed by atoms with Gasteiger partial charge in [0.1, 0.15) is 11.2 Å². The van der Waals surface area contributed by atoms with Crippen LogP contribution in [0.25, 0.3) is 10.9 Å². The predicted octanol–water partition coefficient (Wildman–Crippen LogP) is 4.49. The van der Waals surface area contributed by atoms with Gasteiger partial charge >= 0.3 is 0 Å². The zero-order valence-electron chi connectivity index (χ0n) is 17.7. The smallest absolute Gasteiger partial charge is 0.271 e. The van der Waals surface area contributed by atoms with E-state index in [4.69, 9.17) is 0 Å². The fraction of sp³-hybridized carbons (Fsp3) is 0.583. The molecule has 156 valence electrons. The van der Waals surface area contributed by atoms with E-state index in [0.717, 1.165) is 36.6 Å². The topological polar surface area (TPSA) is 54.3 Å². The summed E-state index contributed by atoms with van der Waals surface area (Å²) in [6.07, 6.45) is 8.84. The molecule has 1 aromatic heterocycles. The quantitative estimate of drug-likeness (QED) is 0.758. The van der Waals surface area contributed by atoms with E-state index < -0.39 is 5.54 Å². The van der Waals surface area contributed by atoms with Crippen molar-refractivity contribution in [1.29, 1.82) is 0 Å². The minimum Gasteiger partial charge on any atom is -0.351 e. The highest BCUT2D eigenvalue weighted by Crippen LogP contribution is 2.33. The minimum absolute atomic E-state index is 0.00251. The van der Waals surface area contributed by atoms with Crippen LogP contribution in [0.3, 0.4) is 0 Å². The standard InChI is InChI=1S/C24H33N3O2/c1-3-4-15-27-22(28)21-16-18-11-9-10-14-20(18)26(21)17-24(27,2)23(29)25-19-12-7-5-6-8-13-19/h9-11,14,16,19H,3-8,12-13,15,17H2,1-2H3,(H,25,29)/t24-/m1/s1. The fourth-order valence-corrected chi connectivity index (χ4v) is 4.94. The normalized spacial score (nSPS) is 23.1. The lowest BCUT2D eigenvalue weighted by Gasteiger charge is -2.44. The lowest BCUT2D eigenvalue weighted by atomic mass is 9.93. The third-order valence-electron chi connectivity index (χ3n) is 6.75. The molecule has 2 aromatic rings. The van der Waals surface area contributed by atoms with E-state index in [1.54, 1.807) is 0 Å². The van der Waals surface area contributed by atoms with Gasteiger partial charge in [0.15, 0.2) is 0 Å². The lowest BCUT2D eigenvalue weighted by Crippen LogP contribution is -2.65. The number of aromatic nitrogens is 1. The van der Waals surface area contributed by atoms with E-state index in [1.165, 1.54) is 25.7 Å². The average molecular weight is 396 g/mol. The van der Waals surface area contributed by atoms with E-state index in [9.17, 15) is 9.59 Å². The number of fused-ring (bicyclic) bond motifs is 3. The number of nitrogens with one attached hydrogen (secondary N) is 1. The lowest BCUT2D eigenvalue weighted by molar-refractivity contribution is -0.133. The number of unbranched alkanes of at least 4 members (excludes halogenated alkanes) is 1. The van der Waals surface area contributed by atoms with Gasteiger partial charge in [-0.3, -0.25) is 9.59 Å². The van der Waals surface area contributed by atoms with E-state index in [2.05, 4.69) is 12.2 Å². The summed E-state index contributed by atoms with van der Waals surface area (Å²) in [6.45, 7) is 5.19. The van der Waals surface area contributed by atoms with Crippen molar-refractivity contribution in [2.24, 2.45) is 0 Å². The SMILES string of the molecule is CCCCN1C(=O)c2cc3ccccc3n2C[C@]1(C)C(=O)NC1CCCCCC1. The van der Waals surface area contributed by atoms with Gasteiger partial charge in [-0.1, -0.05) is 57.2 Å². The Kier molecular flexibility index (Phi) is 5.66. The summed E-state index contributed by atoms with van der Waals surface area (Å²) in [5.41, 5.74) is 0.856. The first-order valence-corrected chi connectivity index (χ1v) is 11.3. The van der Waals surface area contributed by atoms with E-state index in [-0.39, 0.29) is 17.9 Å². The minimum atomic E-state index is -0.868. The Labute approximate surface area is 173 Å². The van der Waals surface area contributed by atoms with Crippen molar-refractivity contribution in [3.8, 4) is 0 Å². The molecule has 1 aliphatic carbocycles. The van der Waals surface area contributed by atoms with Gasteiger partial charge in [0, 0.05) is 23.5 Å². The van der Waals surface area contributed by atoms with Gasteiger partial charge in [0.25, 0.3) is 5.91 Å². The summed E-state index contributed by atoms with van der Waals surface area (Å²) < 4.78 is 2.05. The second-order valence-corrected chi connectivity index (χ2v) is 8.92. The van der Waals surface area contributed by atoms with Gasteiger partial charge in [0.05, 0.1) is 6.54 Å². The predicted molar refractivity (Wildman–Crippen MR) is 116 cm³/mol. The third-order valence-corrected chi connectivity index (χ3v) is 6.75. The first kappa shape index (κ1) is 20.0. The Hall–Kier alpha value is -2.30. The molecule has 5 heteroatoms. The highest BCUT2D eigenvalue weighted by Gasteiger charge is 2.47. The summed E-state index contributed by atoms with van der Waals surface area (Å²) in [7, 11) is 0. The number of rotatable bonds is 5. The Balaban J connectivity index is 1.68. The van der Waals surface area contributed by atoms with Crippen LogP contribution < -0.4 is 5.32 Å². The molecule has 2 heterocycles. The highest BCUT2D eigenvalue weighted by atomic mass is 16.2. The Morgan fingerprint density at radius 2 is 1.90 bits per heavy atom. The van der Waals surface area contributed by atoms with Gasteiger partial charge in [-0.15, -0.1) is 0 Å². The van der Waals surface area contributed by atoms with Crippen LogP contribution in [-0.2, 0) is 11.3 Å². The van der Waals surface area contributed by atoms with Crippen molar-refractivity contribution < 1.29 is 9.59 Å². The molecule has 0 bridgehead atoms. The summed E-state index contributed by atoms with van der Waals surface area (Å²) in [6, 6.07) is 10.3. The number of nitrogens with zero attached hydrogens (tertiary/aromatic N) is 2. The number of carbonyl (C=O) groups excluding carboxylic acids is 2. The first-order valence-electron chi connectivity index (χ1n) is 11.3. The average Bonchev–Trinajstić information content (AvgIpc) is 2.89. The van der Waals surface area contributed by atoms with Crippen LogP contribution in [0, 0.1) is 0 Å². The Morgan fingerprint density at radius 1 is 1.17 bits per heavy atom. The largest absolute Gasteiger partial charge is 0.351 e. The molecule has 1 aromatic carbocycles. The number of hydrogen-bond acceptors (Lipinski definition) is 2. The highest BCUT2D eigenvalue weighted by molar-refractivity contribution is 6.03. The number of para-hydroxylation sites is 1. The molecule has 1 aliphatic heterocycles. The van der Waals surface area contributed by atoms with Gasteiger partial charge in [-0.25, -0.2) is 0 Å². The van der Waals surface area contributed by atoms with Gasteiger partial charge in [-0.2, -0.15) is 0 Å². The van der Waals surface area contributed by atoms with Crippen molar-refractivity contribution in [2.45, 2.75) is 83.3 Å². The van der Waals surface area contributed by atoms with Gasteiger partial charge < -0.3 is 14.8 Å². The number of benzene rings is 1. The third kappa shape index (κ3) is 3.67. The molecular weight excluding hydrogens is 362 g/mol. The molecule has 1 atom stereocenters. The molecule has 0 saturated heterocycles. The first-order chi connectivity index (χ1) is 14.0. The molecule has 1 fully saturated rings. The van der Waals surface area contributed by atoms with E-state index in [1.807, 2.05) is 46.7 Å². The Morgan fingerprint density at radius 3 is 2.62 bits per heavy atom. The second-order valence-electron chi connectivity index (χ2n) is 8.92. The maximum absolute atomic E-state index is 13.6. The van der Waals surface area contributed by atoms with Crippen molar-refractivity contribution in [2.75, 3.05) is 6.54 Å². The number of carbonyl (C=O) groups is 2. The van der Waals surface area contributed by atoms with Crippen molar-refractivity contribution >= 4 is 22.7 Å². The number of amides is 2. The van der Waals surface area contributed by atoms with Crippen LogP contribution in [0.4, 0.5) is 0 Å². The van der Waals surface area contributed by atoms with Crippen LogP contribution >= 0.6 is 0 Å². The van der Waals surface area contributed by atoms with Gasteiger partial charge in [-0.05, 0) is 38.3 Å².